The number of hydrogen-bond acceptors (Lipinski definition) is 4. The summed E-state index contributed by atoms with van der Waals surface area (Å²) in [6, 6.07) is 0. The molecule has 6 heteroatoms. The van der Waals surface area contributed by atoms with E-state index < -0.39 is 0 Å². The second kappa shape index (κ2) is 14.3. The number of nitrogens with zero attached hydrogens (tertiary/aromatic N) is 3. The lowest BCUT2D eigenvalue weighted by Crippen LogP contribution is -2.46. The molecule has 1 fully saturated rings. The maximum absolute atomic E-state index is 5.59. The lowest BCUT2D eigenvalue weighted by atomic mass is 10.2. The second-order valence-corrected chi connectivity index (χ2v) is 7.23. The van der Waals surface area contributed by atoms with E-state index in [1.807, 2.05) is 7.05 Å². The van der Waals surface area contributed by atoms with Crippen molar-refractivity contribution >= 4 is 5.96 Å². The molecule has 1 aliphatic rings. The molecule has 0 amide bonds. The predicted molar refractivity (Wildman–Crippen MR) is 107 cm³/mol. The molecule has 6 nitrogen and oxygen atoms in total. The number of hydrogen-bond donors (Lipinski definition) is 2. The summed E-state index contributed by atoms with van der Waals surface area (Å²) in [5, 5.41) is 6.76. The molecule has 1 saturated heterocycles. The SMILES string of the molecule is CCN1CCN(CCCCNC(=NC)NCCCOCC(C)C)CC1. The van der Waals surface area contributed by atoms with E-state index in [4.69, 9.17) is 4.74 Å². The van der Waals surface area contributed by atoms with Gasteiger partial charge in [0.2, 0.25) is 0 Å². The predicted octanol–water partition coefficient (Wildman–Crippen LogP) is 1.63. The minimum absolute atomic E-state index is 0.609. The molecule has 148 valence electrons. The first-order valence-corrected chi connectivity index (χ1v) is 10.1. The molecule has 0 aromatic heterocycles. The summed E-state index contributed by atoms with van der Waals surface area (Å²) in [6.45, 7) is 17.5. The van der Waals surface area contributed by atoms with Crippen LogP contribution in [-0.4, -0.2) is 88.4 Å². The fourth-order valence-electron chi connectivity index (χ4n) is 2.92. The van der Waals surface area contributed by atoms with Crippen molar-refractivity contribution < 1.29 is 4.74 Å². The Kier molecular flexibility index (Phi) is 12.7. The highest BCUT2D eigenvalue weighted by Crippen LogP contribution is 2.02. The number of likely N-dealkylation sites (N-methyl/N-ethyl adjacent to an activating group) is 1. The minimum Gasteiger partial charge on any atom is -0.381 e. The van der Waals surface area contributed by atoms with E-state index >= 15 is 0 Å². The summed E-state index contributed by atoms with van der Waals surface area (Å²) in [6.07, 6.45) is 3.45. The molecule has 0 atom stereocenters. The van der Waals surface area contributed by atoms with Crippen molar-refractivity contribution in [3.8, 4) is 0 Å². The van der Waals surface area contributed by atoms with Gasteiger partial charge in [-0.3, -0.25) is 4.99 Å². The van der Waals surface area contributed by atoms with Crippen LogP contribution in [0, 0.1) is 5.92 Å². The molecule has 2 N–H and O–H groups in total. The monoisotopic (exact) mass is 355 g/mol. The summed E-state index contributed by atoms with van der Waals surface area (Å²) in [5.74, 6) is 1.51. The van der Waals surface area contributed by atoms with E-state index in [2.05, 4.69) is 46.2 Å². The molecule has 0 saturated carbocycles. The number of rotatable bonds is 12. The van der Waals surface area contributed by atoms with Gasteiger partial charge in [0.1, 0.15) is 0 Å². The molecular weight excluding hydrogens is 314 g/mol. The number of nitrogens with one attached hydrogen (secondary N) is 2. The van der Waals surface area contributed by atoms with Crippen molar-refractivity contribution in [2.75, 3.05) is 72.6 Å². The zero-order chi connectivity index (χ0) is 18.3. The molecule has 0 aliphatic carbocycles. The van der Waals surface area contributed by atoms with Crippen LogP contribution in [0.4, 0.5) is 0 Å². The molecule has 0 aromatic carbocycles. The summed E-state index contributed by atoms with van der Waals surface area (Å²) in [4.78, 5) is 9.40. The van der Waals surface area contributed by atoms with Crippen LogP contribution < -0.4 is 10.6 Å². The molecule has 25 heavy (non-hydrogen) atoms. The summed E-state index contributed by atoms with van der Waals surface area (Å²) >= 11 is 0. The first-order chi connectivity index (χ1) is 12.2. The Labute approximate surface area is 155 Å². The van der Waals surface area contributed by atoms with Crippen LogP contribution in [0.2, 0.25) is 0 Å². The molecule has 1 aliphatic heterocycles. The van der Waals surface area contributed by atoms with Crippen LogP contribution in [0.5, 0.6) is 0 Å². The van der Waals surface area contributed by atoms with Gasteiger partial charge in [0.05, 0.1) is 0 Å². The van der Waals surface area contributed by atoms with E-state index in [0.717, 1.165) is 38.7 Å². The van der Waals surface area contributed by atoms with E-state index in [9.17, 15) is 0 Å². The van der Waals surface area contributed by atoms with Crippen LogP contribution in [0.15, 0.2) is 4.99 Å². The van der Waals surface area contributed by atoms with Crippen molar-refractivity contribution in [1.29, 1.82) is 0 Å². The molecular formula is C19H41N5O. The smallest absolute Gasteiger partial charge is 0.190 e. The summed E-state index contributed by atoms with van der Waals surface area (Å²) in [5.41, 5.74) is 0. The van der Waals surface area contributed by atoms with Gasteiger partial charge in [-0.1, -0.05) is 20.8 Å². The topological polar surface area (TPSA) is 52.1 Å². The first kappa shape index (κ1) is 22.2. The molecule has 1 heterocycles. The third-order valence-corrected chi connectivity index (χ3v) is 4.54. The standard InChI is InChI=1S/C19H41N5O/c1-5-23-12-14-24(15-13-23)11-7-6-9-21-19(20-4)22-10-8-16-25-17-18(2)3/h18H,5-17H2,1-4H3,(H2,20,21,22). The first-order valence-electron chi connectivity index (χ1n) is 10.1. The Morgan fingerprint density at radius 1 is 1.00 bits per heavy atom. The van der Waals surface area contributed by atoms with Crippen LogP contribution in [0.1, 0.15) is 40.0 Å². The van der Waals surface area contributed by atoms with Gasteiger partial charge in [0.15, 0.2) is 5.96 Å². The van der Waals surface area contributed by atoms with Crippen LogP contribution in [0.25, 0.3) is 0 Å². The van der Waals surface area contributed by atoms with Crippen molar-refractivity contribution in [3.05, 3.63) is 0 Å². The van der Waals surface area contributed by atoms with Crippen LogP contribution >= 0.6 is 0 Å². The van der Waals surface area contributed by atoms with E-state index in [-0.39, 0.29) is 0 Å². The maximum atomic E-state index is 5.59. The van der Waals surface area contributed by atoms with Gasteiger partial charge in [-0.25, -0.2) is 0 Å². The lowest BCUT2D eigenvalue weighted by molar-refractivity contribution is 0.108. The quantitative estimate of drug-likeness (QED) is 0.317. The van der Waals surface area contributed by atoms with E-state index in [1.54, 1.807) is 0 Å². The summed E-state index contributed by atoms with van der Waals surface area (Å²) in [7, 11) is 1.83. The Hall–Kier alpha value is -0.850. The average Bonchev–Trinajstić information content (AvgIpc) is 2.62. The Balaban J connectivity index is 1.95. The molecule has 0 radical (unpaired) electrons. The molecule has 0 aromatic rings. The average molecular weight is 356 g/mol. The fraction of sp³-hybridized carbons (Fsp3) is 0.947. The lowest BCUT2D eigenvalue weighted by Gasteiger charge is -2.34. The van der Waals surface area contributed by atoms with Gasteiger partial charge in [-0.15, -0.1) is 0 Å². The number of unbranched alkanes of at least 4 members (excludes halogenated alkanes) is 1. The Bertz CT molecular complexity index is 341. The van der Waals surface area contributed by atoms with Crippen molar-refractivity contribution in [1.82, 2.24) is 20.4 Å². The zero-order valence-corrected chi connectivity index (χ0v) is 17.0. The van der Waals surface area contributed by atoms with Crippen molar-refractivity contribution in [2.24, 2.45) is 10.9 Å². The summed E-state index contributed by atoms with van der Waals surface area (Å²) < 4.78 is 5.59. The number of aliphatic imine (C=N–C) groups is 1. The van der Waals surface area contributed by atoms with Gasteiger partial charge < -0.3 is 25.2 Å². The third-order valence-electron chi connectivity index (χ3n) is 4.54. The van der Waals surface area contributed by atoms with E-state index in [0.29, 0.717) is 5.92 Å². The highest BCUT2D eigenvalue weighted by molar-refractivity contribution is 5.79. The fourth-order valence-corrected chi connectivity index (χ4v) is 2.92. The molecule has 0 spiro atoms. The normalized spacial score (nSPS) is 17.2. The van der Waals surface area contributed by atoms with Crippen LogP contribution in [-0.2, 0) is 4.74 Å². The largest absolute Gasteiger partial charge is 0.381 e. The van der Waals surface area contributed by atoms with Crippen molar-refractivity contribution in [2.45, 2.75) is 40.0 Å². The zero-order valence-electron chi connectivity index (χ0n) is 17.0. The Morgan fingerprint density at radius 3 is 2.24 bits per heavy atom. The molecule has 0 bridgehead atoms. The van der Waals surface area contributed by atoms with Gasteiger partial charge in [-0.05, 0) is 38.3 Å². The number of guanidine groups is 1. The Morgan fingerprint density at radius 2 is 1.64 bits per heavy atom. The number of ether oxygens (including phenoxy) is 1. The minimum atomic E-state index is 0.609. The van der Waals surface area contributed by atoms with E-state index in [1.165, 1.54) is 52.1 Å². The highest BCUT2D eigenvalue weighted by atomic mass is 16.5. The van der Waals surface area contributed by atoms with Crippen molar-refractivity contribution in [3.63, 3.8) is 0 Å². The van der Waals surface area contributed by atoms with Gasteiger partial charge in [0.25, 0.3) is 0 Å². The molecule has 1 rings (SSSR count). The maximum Gasteiger partial charge on any atom is 0.190 e. The molecule has 0 unspecified atom stereocenters. The number of piperazine rings is 1. The van der Waals surface area contributed by atoms with Gasteiger partial charge >= 0.3 is 0 Å². The van der Waals surface area contributed by atoms with Gasteiger partial charge in [0, 0.05) is 59.5 Å². The van der Waals surface area contributed by atoms with Crippen LogP contribution in [0.3, 0.4) is 0 Å². The second-order valence-electron chi connectivity index (χ2n) is 7.23. The highest BCUT2D eigenvalue weighted by Gasteiger charge is 2.14. The third kappa shape index (κ3) is 11.4. The van der Waals surface area contributed by atoms with Gasteiger partial charge in [-0.2, -0.15) is 0 Å².